The fourth-order valence-electron chi connectivity index (χ4n) is 3.01. The van der Waals surface area contributed by atoms with Crippen LogP contribution >= 0.6 is 0 Å². The highest BCUT2D eigenvalue weighted by Gasteiger charge is 2.32. The molecular weight excluding hydrogens is 366 g/mol. The van der Waals surface area contributed by atoms with Crippen molar-refractivity contribution in [2.24, 2.45) is 0 Å². The van der Waals surface area contributed by atoms with E-state index in [1.807, 2.05) is 32.0 Å². The molecule has 1 aliphatic heterocycles. The van der Waals surface area contributed by atoms with Crippen LogP contribution in [0.5, 0.6) is 11.5 Å². The summed E-state index contributed by atoms with van der Waals surface area (Å²) in [7, 11) is 0. The molecule has 2 heterocycles. The maximum atomic E-state index is 12.0. The first-order chi connectivity index (χ1) is 13.2. The molecule has 2 aromatic rings. The summed E-state index contributed by atoms with van der Waals surface area (Å²) in [5.41, 5.74) is 0.0615. The van der Waals surface area contributed by atoms with E-state index in [2.05, 4.69) is 5.32 Å². The molecule has 1 N–H and O–H groups in total. The topological polar surface area (TPSA) is 113 Å². The van der Waals surface area contributed by atoms with Crippen LogP contribution in [0.3, 0.4) is 0 Å². The molecular formula is C19H21N3O6. The van der Waals surface area contributed by atoms with Crippen molar-refractivity contribution >= 4 is 11.6 Å². The minimum absolute atomic E-state index is 0.218. The van der Waals surface area contributed by atoms with Crippen LogP contribution in [0.25, 0.3) is 0 Å². The SMILES string of the molecule is CC1(C)Cc2cccc(OCCNC(=O)Cn3cc([N+](=O)[O-])ccc3=O)c2O1. The number of fused-ring (bicyclic) bond motifs is 1. The third kappa shape index (κ3) is 4.48. The van der Waals surface area contributed by atoms with Gasteiger partial charge in [0.2, 0.25) is 5.91 Å². The molecule has 1 aliphatic rings. The second-order valence-corrected chi connectivity index (χ2v) is 7.09. The molecule has 1 amide bonds. The Labute approximate surface area is 161 Å². The van der Waals surface area contributed by atoms with Gasteiger partial charge in [0, 0.05) is 24.1 Å². The van der Waals surface area contributed by atoms with Gasteiger partial charge in [-0.3, -0.25) is 24.3 Å². The fraction of sp³-hybridized carbons (Fsp3) is 0.368. The molecule has 0 fully saturated rings. The molecule has 148 valence electrons. The normalized spacial score (nSPS) is 14.1. The summed E-state index contributed by atoms with van der Waals surface area (Å²) in [6.07, 6.45) is 1.85. The molecule has 0 aliphatic carbocycles. The van der Waals surface area contributed by atoms with E-state index < -0.39 is 16.4 Å². The first-order valence-electron chi connectivity index (χ1n) is 8.80. The first kappa shape index (κ1) is 19.4. The van der Waals surface area contributed by atoms with E-state index in [1.54, 1.807) is 0 Å². The van der Waals surface area contributed by atoms with Gasteiger partial charge in [0.05, 0.1) is 17.7 Å². The van der Waals surface area contributed by atoms with Crippen LogP contribution in [0.15, 0.2) is 41.3 Å². The number of nitro groups is 1. The molecule has 28 heavy (non-hydrogen) atoms. The molecule has 0 unspecified atom stereocenters. The van der Waals surface area contributed by atoms with Gasteiger partial charge >= 0.3 is 0 Å². The van der Waals surface area contributed by atoms with E-state index in [9.17, 15) is 19.7 Å². The minimum atomic E-state index is -0.622. The van der Waals surface area contributed by atoms with Gasteiger partial charge in [-0.25, -0.2) is 0 Å². The zero-order chi connectivity index (χ0) is 20.3. The van der Waals surface area contributed by atoms with E-state index >= 15 is 0 Å². The zero-order valence-electron chi connectivity index (χ0n) is 15.6. The van der Waals surface area contributed by atoms with Gasteiger partial charge in [-0.2, -0.15) is 0 Å². The van der Waals surface area contributed by atoms with Crippen LogP contribution in [0.4, 0.5) is 5.69 Å². The first-order valence-corrected chi connectivity index (χ1v) is 8.80. The molecule has 0 atom stereocenters. The van der Waals surface area contributed by atoms with Gasteiger partial charge in [0.1, 0.15) is 18.8 Å². The Hall–Kier alpha value is -3.36. The summed E-state index contributed by atoms with van der Waals surface area (Å²) in [4.78, 5) is 33.9. The summed E-state index contributed by atoms with van der Waals surface area (Å²) in [6, 6.07) is 7.87. The molecule has 1 aromatic carbocycles. The van der Waals surface area contributed by atoms with Crippen molar-refractivity contribution in [3.63, 3.8) is 0 Å². The van der Waals surface area contributed by atoms with Crippen molar-refractivity contribution in [2.75, 3.05) is 13.2 Å². The lowest BCUT2D eigenvalue weighted by Gasteiger charge is -2.18. The van der Waals surface area contributed by atoms with Crippen molar-refractivity contribution in [1.29, 1.82) is 0 Å². The predicted molar refractivity (Wildman–Crippen MR) is 101 cm³/mol. The lowest BCUT2D eigenvalue weighted by Crippen LogP contribution is -2.34. The van der Waals surface area contributed by atoms with Gasteiger partial charge in [0.15, 0.2) is 11.5 Å². The lowest BCUT2D eigenvalue weighted by atomic mass is 10.0. The average molecular weight is 387 g/mol. The van der Waals surface area contributed by atoms with Crippen LogP contribution in [0, 0.1) is 10.1 Å². The Morgan fingerprint density at radius 1 is 1.36 bits per heavy atom. The highest BCUT2D eigenvalue weighted by Crippen LogP contribution is 2.41. The van der Waals surface area contributed by atoms with E-state index in [0.717, 1.165) is 40.6 Å². The van der Waals surface area contributed by atoms with Crippen molar-refractivity contribution in [2.45, 2.75) is 32.4 Å². The number of rotatable bonds is 7. The lowest BCUT2D eigenvalue weighted by molar-refractivity contribution is -0.385. The van der Waals surface area contributed by atoms with Gasteiger partial charge in [0.25, 0.3) is 11.2 Å². The van der Waals surface area contributed by atoms with E-state index in [4.69, 9.17) is 9.47 Å². The van der Waals surface area contributed by atoms with Crippen molar-refractivity contribution in [1.82, 2.24) is 9.88 Å². The summed E-state index contributed by atoms with van der Waals surface area (Å²) in [5.74, 6) is 0.899. The van der Waals surface area contributed by atoms with Crippen molar-refractivity contribution in [3.8, 4) is 11.5 Å². The van der Waals surface area contributed by atoms with Crippen LogP contribution < -0.4 is 20.3 Å². The Morgan fingerprint density at radius 2 is 2.14 bits per heavy atom. The number of nitrogens with zero attached hydrogens (tertiary/aromatic N) is 2. The second kappa shape index (κ2) is 7.71. The van der Waals surface area contributed by atoms with Gasteiger partial charge < -0.3 is 14.8 Å². The van der Waals surface area contributed by atoms with Crippen LogP contribution in [0.1, 0.15) is 19.4 Å². The van der Waals surface area contributed by atoms with Crippen LogP contribution in [0.2, 0.25) is 0 Å². The maximum Gasteiger partial charge on any atom is 0.285 e. The molecule has 9 nitrogen and oxygen atoms in total. The molecule has 0 bridgehead atoms. The molecule has 0 spiro atoms. The predicted octanol–water partition coefficient (Wildman–Crippen LogP) is 1.67. The number of benzene rings is 1. The van der Waals surface area contributed by atoms with Crippen LogP contribution in [-0.2, 0) is 17.8 Å². The molecule has 1 aromatic heterocycles. The Balaban J connectivity index is 1.51. The minimum Gasteiger partial charge on any atom is -0.488 e. The van der Waals surface area contributed by atoms with Crippen molar-refractivity contribution < 1.29 is 19.2 Å². The number of nitrogens with one attached hydrogen (secondary N) is 1. The third-order valence-electron chi connectivity index (χ3n) is 4.23. The number of amides is 1. The Kier molecular flexibility index (Phi) is 5.34. The maximum absolute atomic E-state index is 12.0. The summed E-state index contributed by atoms with van der Waals surface area (Å²) in [6.45, 7) is 4.14. The Morgan fingerprint density at radius 3 is 2.89 bits per heavy atom. The summed E-state index contributed by atoms with van der Waals surface area (Å²) in [5, 5.41) is 13.4. The zero-order valence-corrected chi connectivity index (χ0v) is 15.6. The highest BCUT2D eigenvalue weighted by molar-refractivity contribution is 5.75. The molecule has 3 rings (SSSR count). The summed E-state index contributed by atoms with van der Waals surface area (Å²) >= 11 is 0. The highest BCUT2D eigenvalue weighted by atomic mass is 16.6. The number of para-hydroxylation sites is 1. The van der Waals surface area contributed by atoms with Gasteiger partial charge in [-0.15, -0.1) is 0 Å². The number of hydrogen-bond donors (Lipinski definition) is 1. The molecule has 0 saturated carbocycles. The largest absolute Gasteiger partial charge is 0.488 e. The fourth-order valence-corrected chi connectivity index (χ4v) is 3.01. The number of pyridine rings is 1. The van der Waals surface area contributed by atoms with Gasteiger partial charge in [-0.1, -0.05) is 12.1 Å². The van der Waals surface area contributed by atoms with E-state index in [0.29, 0.717) is 5.75 Å². The van der Waals surface area contributed by atoms with Gasteiger partial charge in [-0.05, 0) is 19.9 Å². The standard InChI is InChI=1S/C19H21N3O6/c1-19(2)10-13-4-3-5-15(18(13)28-19)27-9-8-20-16(23)12-21-11-14(22(25)26)6-7-17(21)24/h3-7,11H,8-10,12H2,1-2H3,(H,20,23). The number of carbonyl (C=O) groups excluding carboxylic acids is 1. The van der Waals surface area contributed by atoms with Crippen molar-refractivity contribution in [3.05, 3.63) is 62.6 Å². The van der Waals surface area contributed by atoms with E-state index in [-0.39, 0.29) is 31.0 Å². The Bertz CT molecular complexity index is 966. The molecule has 0 radical (unpaired) electrons. The number of hydrogen-bond acceptors (Lipinski definition) is 6. The quantitative estimate of drug-likeness (QED) is 0.439. The third-order valence-corrected chi connectivity index (χ3v) is 4.23. The number of ether oxygens (including phenoxy) is 2. The smallest absolute Gasteiger partial charge is 0.285 e. The van der Waals surface area contributed by atoms with E-state index in [1.165, 1.54) is 0 Å². The van der Waals surface area contributed by atoms with Crippen LogP contribution in [-0.4, -0.2) is 34.2 Å². The number of aromatic nitrogens is 1. The second-order valence-electron chi connectivity index (χ2n) is 7.09. The monoisotopic (exact) mass is 387 g/mol. The molecule has 9 heteroatoms. The summed E-state index contributed by atoms with van der Waals surface area (Å²) < 4.78 is 12.6. The number of carbonyl (C=O) groups is 1. The molecule has 0 saturated heterocycles. The average Bonchev–Trinajstić information content (AvgIpc) is 2.95.